The van der Waals surface area contributed by atoms with E-state index in [-0.39, 0.29) is 29.9 Å². The highest BCUT2D eigenvalue weighted by molar-refractivity contribution is 5.97. The van der Waals surface area contributed by atoms with Crippen LogP contribution in [0.25, 0.3) is 11.3 Å². The van der Waals surface area contributed by atoms with Crippen LogP contribution in [0.5, 0.6) is 5.75 Å². The smallest absolute Gasteiger partial charge is 0.267 e. The lowest BCUT2D eigenvalue weighted by molar-refractivity contribution is -0.134. The second-order valence-corrected chi connectivity index (χ2v) is 7.50. The van der Waals surface area contributed by atoms with E-state index < -0.39 is 5.91 Å². The van der Waals surface area contributed by atoms with E-state index in [1.165, 1.54) is 24.3 Å². The SMILES string of the molecule is NC(=O)c1[nH]c([C@@H]2CCCN(C(=O)COc3ccc(F)cc3)C2)nc1-c1ccccc1. The Bertz CT molecular complexity index is 1070. The van der Waals surface area contributed by atoms with Gasteiger partial charge in [-0.25, -0.2) is 9.37 Å². The largest absolute Gasteiger partial charge is 0.484 e. The van der Waals surface area contributed by atoms with Gasteiger partial charge in [-0.3, -0.25) is 9.59 Å². The molecular weight excluding hydrogens is 399 g/mol. The number of carbonyl (C=O) groups excluding carboxylic acids is 2. The Labute approximate surface area is 179 Å². The number of halogens is 1. The van der Waals surface area contributed by atoms with Crippen molar-refractivity contribution >= 4 is 11.8 Å². The van der Waals surface area contributed by atoms with Crippen molar-refractivity contribution in [2.45, 2.75) is 18.8 Å². The summed E-state index contributed by atoms with van der Waals surface area (Å²) in [7, 11) is 0. The van der Waals surface area contributed by atoms with Crippen molar-refractivity contribution in [2.24, 2.45) is 5.73 Å². The van der Waals surface area contributed by atoms with Gasteiger partial charge in [0.15, 0.2) is 6.61 Å². The van der Waals surface area contributed by atoms with Crippen molar-refractivity contribution in [1.29, 1.82) is 0 Å². The molecule has 0 spiro atoms. The van der Waals surface area contributed by atoms with E-state index in [2.05, 4.69) is 9.97 Å². The zero-order valence-corrected chi connectivity index (χ0v) is 16.9. The molecule has 1 aromatic heterocycles. The van der Waals surface area contributed by atoms with Gasteiger partial charge < -0.3 is 20.4 Å². The predicted molar refractivity (Wildman–Crippen MR) is 113 cm³/mol. The molecule has 31 heavy (non-hydrogen) atoms. The summed E-state index contributed by atoms with van der Waals surface area (Å²) in [5.41, 5.74) is 7.15. The average molecular weight is 422 g/mol. The molecule has 4 rings (SSSR count). The first-order chi connectivity index (χ1) is 15.0. The number of piperidine rings is 1. The van der Waals surface area contributed by atoms with Crippen molar-refractivity contribution in [3.05, 3.63) is 71.9 Å². The van der Waals surface area contributed by atoms with Crippen LogP contribution in [0, 0.1) is 5.82 Å². The standard InChI is InChI=1S/C23H23FN4O3/c24-17-8-10-18(11-9-17)31-14-19(29)28-12-4-7-16(13-28)23-26-20(21(27-23)22(25)30)15-5-2-1-3-6-15/h1-3,5-6,8-11,16H,4,7,12-14H2,(H2,25,30)(H,26,27)/t16-/m1/s1. The third kappa shape index (κ3) is 4.74. The number of hydrogen-bond donors (Lipinski definition) is 2. The molecular formula is C23H23FN4O3. The van der Waals surface area contributed by atoms with Gasteiger partial charge in [0, 0.05) is 24.6 Å². The van der Waals surface area contributed by atoms with Gasteiger partial charge >= 0.3 is 0 Å². The number of likely N-dealkylation sites (tertiary alicyclic amines) is 1. The molecule has 160 valence electrons. The Morgan fingerprint density at radius 3 is 2.61 bits per heavy atom. The summed E-state index contributed by atoms with van der Waals surface area (Å²) in [6, 6.07) is 14.9. The van der Waals surface area contributed by atoms with Crippen molar-refractivity contribution < 1.29 is 18.7 Å². The molecule has 1 aliphatic rings. The van der Waals surface area contributed by atoms with Crippen LogP contribution in [0.4, 0.5) is 4.39 Å². The number of carbonyl (C=O) groups is 2. The lowest BCUT2D eigenvalue weighted by Gasteiger charge is -2.31. The quantitative estimate of drug-likeness (QED) is 0.637. The van der Waals surface area contributed by atoms with Gasteiger partial charge in [-0.2, -0.15) is 0 Å². The van der Waals surface area contributed by atoms with Crippen LogP contribution in [0.3, 0.4) is 0 Å². The van der Waals surface area contributed by atoms with Gasteiger partial charge in [0.25, 0.3) is 11.8 Å². The summed E-state index contributed by atoms with van der Waals surface area (Å²) in [4.78, 5) is 34.1. The lowest BCUT2D eigenvalue weighted by Crippen LogP contribution is -2.41. The van der Waals surface area contributed by atoms with E-state index in [0.717, 1.165) is 18.4 Å². The summed E-state index contributed by atoms with van der Waals surface area (Å²) in [6.45, 7) is 0.959. The van der Waals surface area contributed by atoms with Gasteiger partial charge in [0.05, 0.1) is 0 Å². The maximum absolute atomic E-state index is 13.0. The van der Waals surface area contributed by atoms with Gasteiger partial charge in [0.2, 0.25) is 0 Å². The number of nitrogens with one attached hydrogen (secondary N) is 1. The highest BCUT2D eigenvalue weighted by atomic mass is 19.1. The van der Waals surface area contributed by atoms with Crippen LogP contribution >= 0.6 is 0 Å². The fourth-order valence-electron chi connectivity index (χ4n) is 3.76. The number of H-pyrrole nitrogens is 1. The molecule has 0 radical (unpaired) electrons. The first-order valence-corrected chi connectivity index (χ1v) is 10.1. The Morgan fingerprint density at radius 1 is 1.16 bits per heavy atom. The number of nitrogens with two attached hydrogens (primary N) is 1. The minimum absolute atomic E-state index is 0.0425. The van der Waals surface area contributed by atoms with Crippen molar-refractivity contribution in [1.82, 2.24) is 14.9 Å². The highest BCUT2D eigenvalue weighted by Crippen LogP contribution is 2.29. The summed E-state index contributed by atoms with van der Waals surface area (Å²) < 4.78 is 18.5. The van der Waals surface area contributed by atoms with Gasteiger partial charge in [-0.15, -0.1) is 0 Å². The molecule has 2 aromatic carbocycles. The predicted octanol–water partition coefficient (Wildman–Crippen LogP) is 3.10. The molecule has 3 N–H and O–H groups in total. The molecule has 1 aliphatic heterocycles. The number of nitrogens with zero attached hydrogens (tertiary/aromatic N) is 2. The molecule has 1 atom stereocenters. The summed E-state index contributed by atoms with van der Waals surface area (Å²) in [5.74, 6) is -0.0501. The van der Waals surface area contributed by atoms with E-state index in [0.29, 0.717) is 30.4 Å². The second kappa shape index (κ2) is 8.99. The monoisotopic (exact) mass is 422 g/mol. The minimum atomic E-state index is -0.575. The number of benzene rings is 2. The fraction of sp³-hybridized carbons (Fsp3) is 0.261. The van der Waals surface area contributed by atoms with Crippen LogP contribution in [0.15, 0.2) is 54.6 Å². The van der Waals surface area contributed by atoms with E-state index in [1.54, 1.807) is 4.90 Å². The van der Waals surface area contributed by atoms with Crippen molar-refractivity contribution in [3.8, 4) is 17.0 Å². The lowest BCUT2D eigenvalue weighted by atomic mass is 9.97. The second-order valence-electron chi connectivity index (χ2n) is 7.50. The molecule has 2 heterocycles. The Hall–Kier alpha value is -3.68. The number of rotatable bonds is 6. The van der Waals surface area contributed by atoms with Crippen molar-refractivity contribution in [2.75, 3.05) is 19.7 Å². The van der Waals surface area contributed by atoms with Crippen molar-refractivity contribution in [3.63, 3.8) is 0 Å². The Balaban J connectivity index is 1.46. The number of hydrogen-bond acceptors (Lipinski definition) is 4. The van der Waals surface area contributed by atoms with E-state index in [9.17, 15) is 14.0 Å². The minimum Gasteiger partial charge on any atom is -0.484 e. The zero-order chi connectivity index (χ0) is 21.8. The van der Waals surface area contributed by atoms with Crippen LogP contribution < -0.4 is 10.5 Å². The third-order valence-corrected chi connectivity index (χ3v) is 5.35. The molecule has 8 heteroatoms. The summed E-state index contributed by atoms with van der Waals surface area (Å²) in [5, 5.41) is 0. The molecule has 2 amide bonds. The molecule has 1 fully saturated rings. The highest BCUT2D eigenvalue weighted by Gasteiger charge is 2.28. The number of amides is 2. The zero-order valence-electron chi connectivity index (χ0n) is 16.9. The van der Waals surface area contributed by atoms with Gasteiger partial charge in [-0.05, 0) is 37.1 Å². The average Bonchev–Trinajstić information content (AvgIpc) is 3.25. The molecule has 1 saturated heterocycles. The maximum Gasteiger partial charge on any atom is 0.267 e. The number of aromatic amines is 1. The van der Waals surface area contributed by atoms with Gasteiger partial charge in [-0.1, -0.05) is 30.3 Å². The molecule has 7 nitrogen and oxygen atoms in total. The first kappa shape index (κ1) is 20.6. The molecule has 0 bridgehead atoms. The molecule has 0 saturated carbocycles. The summed E-state index contributed by atoms with van der Waals surface area (Å²) in [6.07, 6.45) is 1.64. The first-order valence-electron chi connectivity index (χ1n) is 10.1. The number of aromatic nitrogens is 2. The fourth-order valence-corrected chi connectivity index (χ4v) is 3.76. The molecule has 3 aromatic rings. The van der Waals surface area contributed by atoms with Crippen LogP contribution in [-0.2, 0) is 4.79 Å². The van der Waals surface area contributed by atoms with Crippen LogP contribution in [0.2, 0.25) is 0 Å². The van der Waals surface area contributed by atoms with E-state index >= 15 is 0 Å². The van der Waals surface area contributed by atoms with Crippen LogP contribution in [0.1, 0.15) is 35.1 Å². The normalized spacial score (nSPS) is 16.2. The van der Waals surface area contributed by atoms with E-state index in [4.69, 9.17) is 10.5 Å². The number of primary amides is 1. The molecule has 0 aliphatic carbocycles. The van der Waals surface area contributed by atoms with E-state index in [1.807, 2.05) is 30.3 Å². The third-order valence-electron chi connectivity index (χ3n) is 5.35. The van der Waals surface area contributed by atoms with Crippen LogP contribution in [-0.4, -0.2) is 46.4 Å². The Kier molecular flexibility index (Phi) is 5.97. The topological polar surface area (TPSA) is 101 Å². The Morgan fingerprint density at radius 2 is 1.90 bits per heavy atom. The number of ether oxygens (including phenoxy) is 1. The van der Waals surface area contributed by atoms with Gasteiger partial charge in [0.1, 0.15) is 28.8 Å². The number of imidazole rings is 1. The molecule has 0 unspecified atom stereocenters. The summed E-state index contributed by atoms with van der Waals surface area (Å²) >= 11 is 0. The maximum atomic E-state index is 13.0.